The molecule has 0 radical (unpaired) electrons. The Bertz CT molecular complexity index is 1350. The second-order valence-corrected chi connectivity index (χ2v) is 9.01. The topological polar surface area (TPSA) is 64.0 Å². The Morgan fingerprint density at radius 3 is 2.21 bits per heavy atom. The molecule has 1 amide bonds. The van der Waals surface area contributed by atoms with Crippen molar-refractivity contribution < 1.29 is 4.79 Å². The minimum absolute atomic E-state index is 0.115. The fourth-order valence-corrected chi connectivity index (χ4v) is 4.84. The number of thioether (sulfide) groups is 1. The second-order valence-electron chi connectivity index (χ2n) is 8.07. The van der Waals surface area contributed by atoms with Crippen LogP contribution >= 0.6 is 11.8 Å². The van der Waals surface area contributed by atoms with Gasteiger partial charge in [0.2, 0.25) is 5.91 Å². The zero-order valence-electron chi connectivity index (χ0n) is 19.8. The van der Waals surface area contributed by atoms with E-state index in [4.69, 9.17) is 4.98 Å². The molecule has 0 fully saturated rings. The van der Waals surface area contributed by atoms with E-state index in [0.29, 0.717) is 16.1 Å². The average Bonchev–Trinajstić information content (AvgIpc) is 2.88. The van der Waals surface area contributed by atoms with Crippen LogP contribution in [-0.4, -0.2) is 21.2 Å². The number of carbonyl (C=O) groups excluding carboxylic acids is 1. The van der Waals surface area contributed by atoms with Crippen LogP contribution in [0.15, 0.2) is 76.7 Å². The number of nitrogens with zero attached hydrogens (tertiary/aromatic N) is 2. The zero-order valence-corrected chi connectivity index (χ0v) is 20.6. The maximum atomic E-state index is 13.4. The van der Waals surface area contributed by atoms with Gasteiger partial charge in [0, 0.05) is 5.69 Å². The summed E-state index contributed by atoms with van der Waals surface area (Å²) in [5.41, 5.74) is 5.57. The lowest BCUT2D eigenvalue weighted by Gasteiger charge is -2.16. The first kappa shape index (κ1) is 23.8. The molecule has 1 N–H and O–H groups in total. The molecule has 3 aromatic carbocycles. The van der Waals surface area contributed by atoms with Gasteiger partial charge in [-0.25, -0.2) is 4.98 Å². The van der Waals surface area contributed by atoms with Gasteiger partial charge in [0.1, 0.15) is 0 Å². The van der Waals surface area contributed by atoms with E-state index in [0.717, 1.165) is 41.8 Å². The maximum Gasteiger partial charge on any atom is 0.266 e. The van der Waals surface area contributed by atoms with Crippen molar-refractivity contribution in [3.8, 4) is 5.69 Å². The van der Waals surface area contributed by atoms with Gasteiger partial charge in [-0.15, -0.1) is 0 Å². The van der Waals surface area contributed by atoms with Gasteiger partial charge in [0.15, 0.2) is 5.16 Å². The van der Waals surface area contributed by atoms with Crippen molar-refractivity contribution in [3.05, 3.63) is 93.8 Å². The number of anilines is 1. The first-order valence-corrected chi connectivity index (χ1v) is 12.7. The highest BCUT2D eigenvalue weighted by Gasteiger charge is 2.16. The molecule has 5 nitrogen and oxygen atoms in total. The van der Waals surface area contributed by atoms with E-state index in [1.807, 2.05) is 60.7 Å². The number of amides is 1. The molecule has 0 atom stereocenters. The SMILES string of the molecule is CCc1ccc(-n2c(SCC(=O)Nc3c(CC)cccc3CC)nc3ccccc3c2=O)cc1. The lowest BCUT2D eigenvalue weighted by molar-refractivity contribution is -0.113. The molecule has 0 aliphatic carbocycles. The summed E-state index contributed by atoms with van der Waals surface area (Å²) in [5, 5.41) is 4.16. The molecule has 34 heavy (non-hydrogen) atoms. The van der Waals surface area contributed by atoms with Crippen molar-refractivity contribution >= 4 is 34.3 Å². The molecular weight excluding hydrogens is 442 g/mol. The lowest BCUT2D eigenvalue weighted by atomic mass is 10.0. The minimum atomic E-state index is -0.137. The lowest BCUT2D eigenvalue weighted by Crippen LogP contribution is -2.23. The Balaban J connectivity index is 1.66. The van der Waals surface area contributed by atoms with Crippen molar-refractivity contribution in [1.29, 1.82) is 0 Å². The molecule has 0 unspecified atom stereocenters. The standard InChI is InChI=1S/C28H29N3O2S/c1-4-19-14-16-22(17-15-19)31-27(33)23-12-7-8-13-24(23)29-28(31)34-18-25(32)30-26-20(5-2)10-9-11-21(26)6-3/h7-17H,4-6,18H2,1-3H3,(H,30,32). The van der Waals surface area contributed by atoms with Gasteiger partial charge in [-0.1, -0.05) is 75.0 Å². The van der Waals surface area contributed by atoms with Crippen molar-refractivity contribution in [2.75, 3.05) is 11.1 Å². The van der Waals surface area contributed by atoms with E-state index in [1.54, 1.807) is 10.6 Å². The van der Waals surface area contributed by atoms with Gasteiger partial charge in [0.05, 0.1) is 22.3 Å². The molecular formula is C28H29N3O2S. The smallest absolute Gasteiger partial charge is 0.266 e. The third-order valence-corrected chi connectivity index (χ3v) is 6.88. The van der Waals surface area contributed by atoms with Gasteiger partial charge in [-0.05, 0) is 60.2 Å². The predicted molar refractivity (Wildman–Crippen MR) is 141 cm³/mol. The molecule has 174 valence electrons. The van der Waals surface area contributed by atoms with E-state index in [1.165, 1.54) is 17.3 Å². The number of hydrogen-bond acceptors (Lipinski definition) is 4. The summed E-state index contributed by atoms with van der Waals surface area (Å²) in [6.07, 6.45) is 2.61. The van der Waals surface area contributed by atoms with Gasteiger partial charge in [-0.2, -0.15) is 0 Å². The molecule has 0 aliphatic rings. The van der Waals surface area contributed by atoms with Crippen molar-refractivity contribution in [2.24, 2.45) is 0 Å². The van der Waals surface area contributed by atoms with Crippen molar-refractivity contribution in [3.63, 3.8) is 0 Å². The van der Waals surface area contributed by atoms with Crippen LogP contribution in [0, 0.1) is 0 Å². The predicted octanol–water partition coefficient (Wildman–Crippen LogP) is 5.80. The molecule has 0 bridgehead atoms. The Morgan fingerprint density at radius 1 is 0.882 bits per heavy atom. The summed E-state index contributed by atoms with van der Waals surface area (Å²) in [7, 11) is 0. The number of benzene rings is 3. The average molecular weight is 472 g/mol. The van der Waals surface area contributed by atoms with Gasteiger partial charge < -0.3 is 5.32 Å². The van der Waals surface area contributed by atoms with E-state index in [2.05, 4.69) is 26.1 Å². The zero-order chi connectivity index (χ0) is 24.1. The summed E-state index contributed by atoms with van der Waals surface area (Å²) < 4.78 is 1.61. The van der Waals surface area contributed by atoms with Crippen LogP contribution in [-0.2, 0) is 24.1 Å². The van der Waals surface area contributed by atoms with Crippen LogP contribution in [0.25, 0.3) is 16.6 Å². The third kappa shape index (κ3) is 4.92. The van der Waals surface area contributed by atoms with Gasteiger partial charge in [-0.3, -0.25) is 14.2 Å². The Kier molecular flexibility index (Phi) is 7.48. The number of hydrogen-bond donors (Lipinski definition) is 1. The van der Waals surface area contributed by atoms with Crippen LogP contribution in [0.1, 0.15) is 37.5 Å². The summed E-state index contributed by atoms with van der Waals surface area (Å²) in [4.78, 5) is 31.1. The number of para-hydroxylation sites is 2. The minimum Gasteiger partial charge on any atom is -0.325 e. The van der Waals surface area contributed by atoms with Crippen LogP contribution in [0.4, 0.5) is 5.69 Å². The number of fused-ring (bicyclic) bond motifs is 1. The molecule has 4 aromatic rings. The fourth-order valence-electron chi connectivity index (χ4n) is 4.03. The van der Waals surface area contributed by atoms with Crippen LogP contribution < -0.4 is 10.9 Å². The third-order valence-electron chi connectivity index (χ3n) is 5.94. The highest BCUT2D eigenvalue weighted by molar-refractivity contribution is 7.99. The van der Waals surface area contributed by atoms with Gasteiger partial charge in [0.25, 0.3) is 5.56 Å². The van der Waals surface area contributed by atoms with E-state index >= 15 is 0 Å². The first-order chi connectivity index (χ1) is 16.5. The molecule has 0 saturated carbocycles. The number of aromatic nitrogens is 2. The monoisotopic (exact) mass is 471 g/mol. The Hall–Kier alpha value is -3.38. The van der Waals surface area contributed by atoms with E-state index in [9.17, 15) is 9.59 Å². The quantitative estimate of drug-likeness (QED) is 0.260. The number of aryl methyl sites for hydroxylation is 3. The van der Waals surface area contributed by atoms with Crippen LogP contribution in [0.5, 0.6) is 0 Å². The Morgan fingerprint density at radius 2 is 1.56 bits per heavy atom. The summed E-state index contributed by atoms with van der Waals surface area (Å²) >= 11 is 1.27. The molecule has 0 saturated heterocycles. The maximum absolute atomic E-state index is 13.4. The van der Waals surface area contributed by atoms with Crippen LogP contribution in [0.2, 0.25) is 0 Å². The first-order valence-electron chi connectivity index (χ1n) is 11.7. The molecule has 1 aromatic heterocycles. The largest absolute Gasteiger partial charge is 0.325 e. The van der Waals surface area contributed by atoms with Crippen molar-refractivity contribution in [1.82, 2.24) is 9.55 Å². The van der Waals surface area contributed by atoms with E-state index < -0.39 is 0 Å². The molecule has 0 spiro atoms. The second kappa shape index (κ2) is 10.7. The summed E-state index contributed by atoms with van der Waals surface area (Å²) in [5.74, 6) is 0.0369. The number of rotatable bonds is 8. The highest BCUT2D eigenvalue weighted by atomic mass is 32.2. The highest BCUT2D eigenvalue weighted by Crippen LogP contribution is 2.25. The molecule has 6 heteroatoms. The fraction of sp³-hybridized carbons (Fsp3) is 0.250. The van der Waals surface area contributed by atoms with Crippen LogP contribution in [0.3, 0.4) is 0 Å². The number of carbonyl (C=O) groups is 1. The van der Waals surface area contributed by atoms with E-state index in [-0.39, 0.29) is 17.2 Å². The normalized spacial score (nSPS) is 11.0. The summed E-state index contributed by atoms with van der Waals surface area (Å²) in [6.45, 7) is 6.26. The summed E-state index contributed by atoms with van der Waals surface area (Å²) in [6, 6.07) is 21.4. The van der Waals surface area contributed by atoms with Crippen molar-refractivity contribution in [2.45, 2.75) is 45.2 Å². The Labute approximate surface area is 204 Å². The molecule has 1 heterocycles. The molecule has 4 rings (SSSR count). The van der Waals surface area contributed by atoms with Gasteiger partial charge >= 0.3 is 0 Å². The number of nitrogens with one attached hydrogen (secondary N) is 1. The molecule has 0 aliphatic heterocycles.